The molecule has 110 valence electrons. The van der Waals surface area contributed by atoms with Gasteiger partial charge in [-0.1, -0.05) is 30.9 Å². The van der Waals surface area contributed by atoms with Crippen molar-refractivity contribution in [1.29, 1.82) is 0 Å². The molecule has 0 aromatic heterocycles. The smallest absolute Gasteiger partial charge is 0.257 e. The minimum absolute atomic E-state index is 0.0610. The van der Waals surface area contributed by atoms with Crippen molar-refractivity contribution >= 4 is 27.5 Å². The zero-order valence-corrected chi connectivity index (χ0v) is 12.5. The molecule has 0 saturated heterocycles. The molecule has 1 aliphatic rings. The highest BCUT2D eigenvalue weighted by atomic mass is 35.5. The molecule has 1 fully saturated rings. The van der Waals surface area contributed by atoms with Gasteiger partial charge >= 0.3 is 0 Å². The Morgan fingerprint density at radius 3 is 2.30 bits per heavy atom. The van der Waals surface area contributed by atoms with Gasteiger partial charge in [0.05, 0.1) is 4.90 Å². The van der Waals surface area contributed by atoms with Crippen LogP contribution < -0.4 is 10.3 Å². The van der Waals surface area contributed by atoms with Gasteiger partial charge in [-0.05, 0) is 37.1 Å². The first-order valence-electron chi connectivity index (χ1n) is 6.56. The van der Waals surface area contributed by atoms with Gasteiger partial charge in [0.15, 0.2) is 0 Å². The SMILES string of the molecule is O=C(NNS(=O)(=O)c1ccc(Cl)cc1)C1CCCCC1. The van der Waals surface area contributed by atoms with E-state index in [1.807, 2.05) is 0 Å². The Bertz CT molecular complexity index is 566. The second kappa shape index (κ2) is 6.56. The lowest BCUT2D eigenvalue weighted by Gasteiger charge is -2.20. The summed E-state index contributed by atoms with van der Waals surface area (Å²) in [5.74, 6) is -0.362. The first-order valence-corrected chi connectivity index (χ1v) is 8.42. The van der Waals surface area contributed by atoms with E-state index in [9.17, 15) is 13.2 Å². The lowest BCUT2D eigenvalue weighted by molar-refractivity contribution is -0.126. The highest BCUT2D eigenvalue weighted by molar-refractivity contribution is 7.89. The highest BCUT2D eigenvalue weighted by Crippen LogP contribution is 2.23. The van der Waals surface area contributed by atoms with Gasteiger partial charge in [0.1, 0.15) is 0 Å². The molecule has 1 saturated carbocycles. The van der Waals surface area contributed by atoms with Gasteiger partial charge < -0.3 is 0 Å². The molecule has 0 atom stereocenters. The van der Waals surface area contributed by atoms with Crippen molar-refractivity contribution in [3.05, 3.63) is 29.3 Å². The molecule has 0 spiro atoms. The Morgan fingerprint density at radius 2 is 1.70 bits per heavy atom. The molecule has 0 radical (unpaired) electrons. The van der Waals surface area contributed by atoms with E-state index in [0.29, 0.717) is 5.02 Å². The van der Waals surface area contributed by atoms with Crippen LogP contribution in [-0.2, 0) is 14.8 Å². The summed E-state index contributed by atoms with van der Waals surface area (Å²) in [7, 11) is -3.75. The first-order chi connectivity index (χ1) is 9.49. The van der Waals surface area contributed by atoms with Crippen LogP contribution >= 0.6 is 11.6 Å². The maximum absolute atomic E-state index is 12.0. The normalized spacial score (nSPS) is 16.9. The van der Waals surface area contributed by atoms with Crippen LogP contribution in [0.1, 0.15) is 32.1 Å². The molecule has 2 N–H and O–H groups in total. The number of benzene rings is 1. The van der Waals surface area contributed by atoms with Crippen LogP contribution in [0.4, 0.5) is 0 Å². The lowest BCUT2D eigenvalue weighted by atomic mass is 9.89. The summed E-state index contributed by atoms with van der Waals surface area (Å²) in [6, 6.07) is 5.74. The van der Waals surface area contributed by atoms with Crippen molar-refractivity contribution in [2.24, 2.45) is 5.92 Å². The van der Waals surface area contributed by atoms with Crippen molar-refractivity contribution in [1.82, 2.24) is 10.3 Å². The fraction of sp³-hybridized carbons (Fsp3) is 0.462. The lowest BCUT2D eigenvalue weighted by Crippen LogP contribution is -2.44. The maximum Gasteiger partial charge on any atom is 0.257 e. The quantitative estimate of drug-likeness (QED) is 0.836. The van der Waals surface area contributed by atoms with Crippen LogP contribution in [0.3, 0.4) is 0 Å². The van der Waals surface area contributed by atoms with Crippen LogP contribution in [0.2, 0.25) is 5.02 Å². The summed E-state index contributed by atoms with van der Waals surface area (Å²) in [6.45, 7) is 0. The number of carbonyl (C=O) groups excluding carboxylic acids is 1. The summed E-state index contributed by atoms with van der Waals surface area (Å²) in [6.07, 6.45) is 4.80. The Hall–Kier alpha value is -1.11. The molecule has 2 rings (SSSR count). The van der Waals surface area contributed by atoms with Crippen molar-refractivity contribution in [3.8, 4) is 0 Å². The van der Waals surface area contributed by atoms with Crippen LogP contribution in [0.25, 0.3) is 0 Å². The highest BCUT2D eigenvalue weighted by Gasteiger charge is 2.22. The Balaban J connectivity index is 1.95. The largest absolute Gasteiger partial charge is 0.277 e. The summed E-state index contributed by atoms with van der Waals surface area (Å²) in [5, 5.41) is 0.454. The molecule has 7 heteroatoms. The van der Waals surface area contributed by atoms with Crippen LogP contribution in [-0.4, -0.2) is 14.3 Å². The number of carbonyl (C=O) groups is 1. The third-order valence-corrected chi connectivity index (χ3v) is 4.92. The predicted molar refractivity (Wildman–Crippen MR) is 76.5 cm³/mol. The molecule has 0 heterocycles. The fourth-order valence-electron chi connectivity index (χ4n) is 2.26. The van der Waals surface area contributed by atoms with E-state index in [1.54, 1.807) is 0 Å². The molecule has 0 aliphatic heterocycles. The predicted octanol–water partition coefficient (Wildman–Crippen LogP) is 2.23. The molecule has 1 aliphatic carbocycles. The van der Waals surface area contributed by atoms with E-state index in [2.05, 4.69) is 10.3 Å². The Kier molecular flexibility index (Phi) is 5.01. The second-order valence-electron chi connectivity index (χ2n) is 4.88. The molecule has 5 nitrogen and oxygen atoms in total. The van der Waals surface area contributed by atoms with E-state index in [-0.39, 0.29) is 16.7 Å². The third-order valence-electron chi connectivity index (χ3n) is 3.41. The van der Waals surface area contributed by atoms with Gasteiger partial charge in [-0.3, -0.25) is 10.2 Å². The van der Waals surface area contributed by atoms with Crippen LogP contribution in [0.5, 0.6) is 0 Å². The molecule has 0 unspecified atom stereocenters. The van der Waals surface area contributed by atoms with E-state index < -0.39 is 10.0 Å². The maximum atomic E-state index is 12.0. The minimum atomic E-state index is -3.75. The van der Waals surface area contributed by atoms with E-state index in [0.717, 1.165) is 32.1 Å². The monoisotopic (exact) mass is 316 g/mol. The fourth-order valence-corrected chi connectivity index (χ4v) is 3.23. The van der Waals surface area contributed by atoms with Gasteiger partial charge in [-0.15, -0.1) is 4.83 Å². The van der Waals surface area contributed by atoms with E-state index >= 15 is 0 Å². The minimum Gasteiger partial charge on any atom is -0.277 e. The molecular formula is C13H17ClN2O3S. The van der Waals surface area contributed by atoms with Gasteiger partial charge in [0.2, 0.25) is 5.91 Å². The number of hydrogen-bond acceptors (Lipinski definition) is 3. The van der Waals surface area contributed by atoms with Crippen molar-refractivity contribution in [2.45, 2.75) is 37.0 Å². The van der Waals surface area contributed by atoms with Gasteiger partial charge in [-0.2, -0.15) is 0 Å². The number of nitrogens with one attached hydrogen (secondary N) is 2. The number of rotatable bonds is 4. The average molecular weight is 317 g/mol. The Morgan fingerprint density at radius 1 is 1.10 bits per heavy atom. The topological polar surface area (TPSA) is 75.3 Å². The summed E-state index contributed by atoms with van der Waals surface area (Å²) >= 11 is 5.71. The molecular weight excluding hydrogens is 300 g/mol. The van der Waals surface area contributed by atoms with Gasteiger partial charge in [0, 0.05) is 10.9 Å². The Labute approximate surface area is 123 Å². The second-order valence-corrected chi connectivity index (χ2v) is 7.00. The number of hydrogen-bond donors (Lipinski definition) is 2. The number of amides is 1. The summed E-state index contributed by atoms with van der Waals surface area (Å²) in [5.41, 5.74) is 2.30. The van der Waals surface area contributed by atoms with Crippen molar-refractivity contribution in [3.63, 3.8) is 0 Å². The molecule has 20 heavy (non-hydrogen) atoms. The van der Waals surface area contributed by atoms with E-state index in [4.69, 9.17) is 11.6 Å². The number of halogens is 1. The molecule has 0 bridgehead atoms. The average Bonchev–Trinajstić information content (AvgIpc) is 2.46. The first kappa shape index (κ1) is 15.3. The van der Waals surface area contributed by atoms with Gasteiger partial charge in [-0.25, -0.2) is 8.42 Å². The molecule has 1 aromatic carbocycles. The summed E-state index contributed by atoms with van der Waals surface area (Å²) < 4.78 is 23.9. The zero-order chi connectivity index (χ0) is 14.6. The standard InChI is InChI=1S/C13H17ClN2O3S/c14-11-6-8-12(9-7-11)20(18,19)16-15-13(17)10-4-2-1-3-5-10/h6-10,16H,1-5H2,(H,15,17). The van der Waals surface area contributed by atoms with Crippen molar-refractivity contribution < 1.29 is 13.2 Å². The number of hydrazine groups is 1. The van der Waals surface area contributed by atoms with Crippen LogP contribution in [0.15, 0.2) is 29.2 Å². The van der Waals surface area contributed by atoms with Crippen LogP contribution in [0, 0.1) is 5.92 Å². The summed E-state index contributed by atoms with van der Waals surface area (Å²) in [4.78, 5) is 14.1. The van der Waals surface area contributed by atoms with E-state index in [1.165, 1.54) is 24.3 Å². The van der Waals surface area contributed by atoms with Crippen molar-refractivity contribution in [2.75, 3.05) is 0 Å². The third kappa shape index (κ3) is 3.94. The molecule has 1 amide bonds. The zero-order valence-electron chi connectivity index (χ0n) is 10.9. The molecule has 1 aromatic rings. The van der Waals surface area contributed by atoms with Gasteiger partial charge in [0.25, 0.3) is 10.0 Å². The number of sulfonamides is 1.